The zero-order chi connectivity index (χ0) is 18.4. The van der Waals surface area contributed by atoms with Gasteiger partial charge in [-0.1, -0.05) is 32.0 Å². The van der Waals surface area contributed by atoms with Gasteiger partial charge in [-0.05, 0) is 31.6 Å². The summed E-state index contributed by atoms with van der Waals surface area (Å²) < 4.78 is 0. The number of carbonyl (C=O) groups is 3. The van der Waals surface area contributed by atoms with E-state index in [0.29, 0.717) is 12.2 Å². The van der Waals surface area contributed by atoms with Crippen LogP contribution in [0.2, 0.25) is 0 Å². The first-order valence-electron chi connectivity index (χ1n) is 8.46. The van der Waals surface area contributed by atoms with E-state index in [4.69, 9.17) is 0 Å². The Hall–Kier alpha value is -2.54. The summed E-state index contributed by atoms with van der Waals surface area (Å²) in [5.41, 5.74) is 1.25. The van der Waals surface area contributed by atoms with Gasteiger partial charge in [-0.3, -0.25) is 19.9 Å². The smallest absolute Gasteiger partial charge is 0.302 e. The molecule has 0 spiro atoms. The molecule has 7 heteroatoms. The number of aryl methyl sites for hydroxylation is 1. The average Bonchev–Trinajstić information content (AvgIpc) is 2.59. The minimum atomic E-state index is -1.09. The van der Waals surface area contributed by atoms with Crippen molar-refractivity contribution < 1.29 is 14.4 Å². The first-order valence-corrected chi connectivity index (χ1v) is 8.46. The molecule has 25 heavy (non-hydrogen) atoms. The summed E-state index contributed by atoms with van der Waals surface area (Å²) >= 11 is 0. The van der Waals surface area contributed by atoms with E-state index in [2.05, 4.69) is 29.1 Å². The summed E-state index contributed by atoms with van der Waals surface area (Å²) in [7, 11) is 0. The number of aliphatic imine (C=N–C) groups is 1. The minimum absolute atomic E-state index is 0.471. The van der Waals surface area contributed by atoms with E-state index in [9.17, 15) is 14.4 Å². The quantitative estimate of drug-likeness (QED) is 0.602. The highest BCUT2D eigenvalue weighted by Gasteiger charge is 2.40. The van der Waals surface area contributed by atoms with Gasteiger partial charge in [0.25, 0.3) is 5.91 Å². The Kier molecular flexibility index (Phi) is 6.41. The Bertz CT molecular complexity index is 683. The first kappa shape index (κ1) is 18.8. The molecule has 1 aliphatic rings. The van der Waals surface area contributed by atoms with Crippen LogP contribution in [0.15, 0.2) is 29.3 Å². The maximum absolute atomic E-state index is 12.7. The summed E-state index contributed by atoms with van der Waals surface area (Å²) in [6.45, 7) is 9.03. The highest BCUT2D eigenvalue weighted by Crippen LogP contribution is 2.23. The second-order valence-corrected chi connectivity index (χ2v) is 5.81. The molecular formula is C18H24N4O3. The average molecular weight is 344 g/mol. The van der Waals surface area contributed by atoms with E-state index in [1.54, 1.807) is 25.1 Å². The van der Waals surface area contributed by atoms with Gasteiger partial charge in [0.15, 0.2) is 5.92 Å². The Morgan fingerprint density at radius 1 is 1.20 bits per heavy atom. The lowest BCUT2D eigenvalue weighted by Gasteiger charge is -2.29. The number of para-hydroxylation sites is 1. The van der Waals surface area contributed by atoms with Crippen molar-refractivity contribution in [1.29, 1.82) is 0 Å². The van der Waals surface area contributed by atoms with Crippen molar-refractivity contribution in [2.75, 3.05) is 31.1 Å². The van der Waals surface area contributed by atoms with Crippen molar-refractivity contribution in [1.82, 2.24) is 10.2 Å². The number of nitrogens with one attached hydrogen (secondary N) is 1. The van der Waals surface area contributed by atoms with Gasteiger partial charge < -0.3 is 4.90 Å². The lowest BCUT2D eigenvalue weighted by atomic mass is 10.0. The van der Waals surface area contributed by atoms with Gasteiger partial charge in [-0.2, -0.15) is 0 Å². The van der Waals surface area contributed by atoms with Crippen LogP contribution in [0.3, 0.4) is 0 Å². The van der Waals surface area contributed by atoms with Gasteiger partial charge in [0.05, 0.1) is 12.2 Å². The highest BCUT2D eigenvalue weighted by molar-refractivity contribution is 6.32. The van der Waals surface area contributed by atoms with Crippen molar-refractivity contribution in [3.05, 3.63) is 29.8 Å². The van der Waals surface area contributed by atoms with E-state index >= 15 is 0 Å². The Labute approximate surface area is 147 Å². The largest absolute Gasteiger partial charge is 0.335 e. The number of nitrogens with zero attached hydrogens (tertiary/aromatic N) is 3. The lowest BCUT2D eigenvalue weighted by Crippen LogP contribution is -2.58. The molecule has 1 aliphatic heterocycles. The van der Waals surface area contributed by atoms with Gasteiger partial charge >= 0.3 is 6.03 Å². The number of carbonyl (C=O) groups excluding carboxylic acids is 3. The number of likely N-dealkylation sites (N-methyl/N-ethyl adjacent to an activating group) is 1. The fourth-order valence-corrected chi connectivity index (χ4v) is 2.68. The van der Waals surface area contributed by atoms with E-state index in [-0.39, 0.29) is 0 Å². The number of barbiturate groups is 1. The number of hydrogen-bond donors (Lipinski definition) is 1. The van der Waals surface area contributed by atoms with Crippen molar-refractivity contribution in [2.45, 2.75) is 20.8 Å². The monoisotopic (exact) mass is 344 g/mol. The second-order valence-electron chi connectivity index (χ2n) is 5.81. The molecule has 1 fully saturated rings. The van der Waals surface area contributed by atoms with E-state index in [1.165, 1.54) is 6.21 Å². The molecule has 1 aromatic carbocycles. The molecule has 0 aromatic heterocycles. The number of imide groups is 2. The number of benzene rings is 1. The SMILES string of the molecule is CCN(CC)CCN=CC1C(=O)NC(=O)N(c2ccccc2C)C1=O. The molecule has 7 nitrogen and oxygen atoms in total. The summed E-state index contributed by atoms with van der Waals surface area (Å²) in [6, 6.07) is 6.32. The molecule has 1 N–H and O–H groups in total. The van der Waals surface area contributed by atoms with Crippen LogP contribution in [0, 0.1) is 12.8 Å². The third kappa shape index (κ3) is 4.30. The lowest BCUT2D eigenvalue weighted by molar-refractivity contribution is -0.131. The van der Waals surface area contributed by atoms with Crippen LogP contribution in [-0.4, -0.2) is 55.1 Å². The molecule has 1 saturated heterocycles. The van der Waals surface area contributed by atoms with Crippen LogP contribution >= 0.6 is 0 Å². The minimum Gasteiger partial charge on any atom is -0.302 e. The number of anilines is 1. The molecule has 0 aliphatic carbocycles. The van der Waals surface area contributed by atoms with Crippen molar-refractivity contribution in [3.8, 4) is 0 Å². The predicted molar refractivity (Wildman–Crippen MR) is 96.8 cm³/mol. The molecular weight excluding hydrogens is 320 g/mol. The van der Waals surface area contributed by atoms with Gasteiger partial charge in [-0.15, -0.1) is 0 Å². The van der Waals surface area contributed by atoms with Crippen LogP contribution < -0.4 is 10.2 Å². The van der Waals surface area contributed by atoms with Crippen molar-refractivity contribution in [2.24, 2.45) is 10.9 Å². The maximum Gasteiger partial charge on any atom is 0.335 e. The predicted octanol–water partition coefficient (Wildman–Crippen LogP) is 1.61. The Balaban J connectivity index is 2.13. The van der Waals surface area contributed by atoms with Gasteiger partial charge in [-0.25, -0.2) is 9.69 Å². The highest BCUT2D eigenvalue weighted by atomic mass is 16.2. The zero-order valence-corrected chi connectivity index (χ0v) is 14.9. The number of urea groups is 1. The molecule has 0 bridgehead atoms. The van der Waals surface area contributed by atoms with Gasteiger partial charge in [0.1, 0.15) is 0 Å². The van der Waals surface area contributed by atoms with Crippen LogP contribution in [-0.2, 0) is 9.59 Å². The number of hydrogen-bond acceptors (Lipinski definition) is 5. The van der Waals surface area contributed by atoms with Crippen LogP contribution in [0.25, 0.3) is 0 Å². The van der Waals surface area contributed by atoms with Crippen molar-refractivity contribution >= 4 is 29.7 Å². The normalized spacial score (nSPS) is 18.3. The molecule has 2 rings (SSSR count). The van der Waals surface area contributed by atoms with Crippen LogP contribution in [0.5, 0.6) is 0 Å². The summed E-state index contributed by atoms with van der Waals surface area (Å²) in [5, 5.41) is 2.23. The molecule has 134 valence electrons. The molecule has 0 radical (unpaired) electrons. The molecule has 0 saturated carbocycles. The van der Waals surface area contributed by atoms with Gasteiger partial charge in [0.2, 0.25) is 5.91 Å². The topological polar surface area (TPSA) is 82.1 Å². The summed E-state index contributed by atoms with van der Waals surface area (Å²) in [6.07, 6.45) is 1.35. The van der Waals surface area contributed by atoms with Crippen LogP contribution in [0.4, 0.5) is 10.5 Å². The second kappa shape index (κ2) is 8.53. The van der Waals surface area contributed by atoms with E-state index in [0.717, 1.165) is 30.1 Å². The summed E-state index contributed by atoms with van der Waals surface area (Å²) in [5.74, 6) is -2.30. The fourth-order valence-electron chi connectivity index (χ4n) is 2.68. The summed E-state index contributed by atoms with van der Waals surface area (Å²) in [4.78, 5) is 44.3. The molecule has 1 unspecified atom stereocenters. The van der Waals surface area contributed by atoms with Gasteiger partial charge in [0, 0.05) is 12.8 Å². The maximum atomic E-state index is 12.7. The third-order valence-corrected chi connectivity index (χ3v) is 4.25. The number of amides is 4. The first-order chi connectivity index (χ1) is 12.0. The van der Waals surface area contributed by atoms with E-state index in [1.807, 2.05) is 6.07 Å². The molecule has 4 amide bonds. The van der Waals surface area contributed by atoms with Crippen LogP contribution in [0.1, 0.15) is 19.4 Å². The van der Waals surface area contributed by atoms with E-state index < -0.39 is 23.8 Å². The molecule has 1 heterocycles. The Morgan fingerprint density at radius 3 is 2.52 bits per heavy atom. The number of rotatable bonds is 7. The molecule has 1 aromatic rings. The van der Waals surface area contributed by atoms with Crippen molar-refractivity contribution in [3.63, 3.8) is 0 Å². The third-order valence-electron chi connectivity index (χ3n) is 4.25. The Morgan fingerprint density at radius 2 is 1.88 bits per heavy atom. The fraction of sp³-hybridized carbons (Fsp3) is 0.444. The standard InChI is InChI=1S/C18H24N4O3/c1-4-21(5-2)11-10-19-12-14-16(23)20-18(25)22(17(14)24)15-9-7-6-8-13(15)3/h6-9,12,14H,4-5,10-11H2,1-3H3,(H,20,23,25). The molecule has 1 atom stereocenters. The zero-order valence-electron chi connectivity index (χ0n) is 14.9.